The normalized spacial score (nSPS) is 30.0. The second-order valence-corrected chi connectivity index (χ2v) is 34.4. The van der Waals surface area contributed by atoms with Crippen LogP contribution in [0.25, 0.3) is 0 Å². The summed E-state index contributed by atoms with van der Waals surface area (Å²) in [6.45, 7) is 20.7. The molecule has 10 heterocycles. The second kappa shape index (κ2) is 44.5. The molecule has 11 rings (SSSR count). The molecule has 5 unspecified atom stereocenters. The fourth-order valence-electron chi connectivity index (χ4n) is 16.3. The van der Waals surface area contributed by atoms with E-state index >= 15 is 0 Å². The van der Waals surface area contributed by atoms with E-state index in [0.717, 1.165) is 41.7 Å². The molecule has 1 spiro atoms. The SMILES string of the molecule is C=C1C[C@@H]2CC[C@]34C[C@@H](O)[C@H](O3)C3C[C@@H](O4)[C@H]4OC(CC[C@@H]4O3)CC(=O)C[C@@H]3[C@@H](OC)[C@@H](C[C@H](O)CNC(=O)OCc4ccc(N(CCOCCOCCOCCn5cc(COCCOCCOCCOCCNC(=O)CCN6C(=O)C=CC6=O)nn5)C(=O)OCC(C)(C)SSC)cc4)O[C@H]3CC3OC(CCC1O2)C[C@@H](C)C3=C. The van der Waals surface area contributed by atoms with Crippen molar-refractivity contribution in [1.29, 1.82) is 0 Å². The molecule has 32 nitrogen and oxygen atoms in total. The van der Waals surface area contributed by atoms with Crippen LogP contribution in [0, 0.1) is 11.8 Å². The van der Waals surface area contributed by atoms with Crippen LogP contribution in [0.2, 0.25) is 0 Å². The Hall–Kier alpha value is -5.58. The largest absolute Gasteiger partial charge is 0.448 e. The molecule has 0 saturated carbocycles. The number of alkyl carbamates (subject to hydrolysis) is 1. The summed E-state index contributed by atoms with van der Waals surface area (Å²) in [6, 6.07) is 7.01. The van der Waals surface area contributed by atoms with Gasteiger partial charge in [-0.25, -0.2) is 14.3 Å². The molecule has 0 radical (unpaired) electrons. The van der Waals surface area contributed by atoms with Crippen molar-refractivity contribution in [1.82, 2.24) is 30.5 Å². The molecular weight excluding hydrogens is 1520 g/mol. The third-order valence-electron chi connectivity index (χ3n) is 22.2. The Balaban J connectivity index is 0.568. The molecule has 8 saturated heterocycles. The predicted octanol–water partition coefficient (Wildman–Crippen LogP) is 6.46. The smallest absolute Gasteiger partial charge is 0.414 e. The molecular formula is C80H119N7O25S2. The average molecular weight is 1640 g/mol. The third kappa shape index (κ3) is 26.5. The molecule has 10 bridgehead atoms. The van der Waals surface area contributed by atoms with Gasteiger partial charge in [-0.1, -0.05) is 59.0 Å². The monoisotopic (exact) mass is 1640 g/mol. The minimum absolute atomic E-state index is 0.00123. The van der Waals surface area contributed by atoms with Gasteiger partial charge in [0, 0.05) is 102 Å². The van der Waals surface area contributed by atoms with Crippen LogP contribution in [0.4, 0.5) is 15.3 Å². The number of Topliss-reactive ketones (excluding diaryl/α,β-unsaturated/α-hetero) is 1. The molecule has 636 valence electrons. The van der Waals surface area contributed by atoms with Gasteiger partial charge < -0.3 is 101 Å². The van der Waals surface area contributed by atoms with Crippen LogP contribution in [0.15, 0.2) is 66.9 Å². The van der Waals surface area contributed by atoms with Crippen LogP contribution < -0.4 is 15.5 Å². The summed E-state index contributed by atoms with van der Waals surface area (Å²) >= 11 is 0. The van der Waals surface area contributed by atoms with Gasteiger partial charge in [-0.15, -0.1) is 5.10 Å². The average Bonchev–Trinajstić information content (AvgIpc) is 1.58. The maximum atomic E-state index is 14.5. The summed E-state index contributed by atoms with van der Waals surface area (Å²) in [7, 11) is 4.79. The lowest BCUT2D eigenvalue weighted by molar-refractivity contribution is -0.277. The Kier molecular flexibility index (Phi) is 34.8. The highest BCUT2D eigenvalue weighted by atomic mass is 33.1. The van der Waals surface area contributed by atoms with Crippen molar-refractivity contribution in [3.8, 4) is 0 Å². The molecule has 18 atom stereocenters. The van der Waals surface area contributed by atoms with Gasteiger partial charge in [-0.05, 0) is 99.8 Å². The number of anilines is 1. The van der Waals surface area contributed by atoms with Crippen LogP contribution in [0.3, 0.4) is 0 Å². The van der Waals surface area contributed by atoms with Crippen molar-refractivity contribution >= 4 is 63.0 Å². The van der Waals surface area contributed by atoms with E-state index in [2.05, 4.69) is 41.0 Å². The molecule has 4 N–H and O–H groups in total. The topological polar surface area (TPSA) is 361 Å². The lowest BCUT2D eigenvalue weighted by atomic mass is 9.81. The van der Waals surface area contributed by atoms with Crippen LogP contribution in [-0.2, 0) is 119 Å². The van der Waals surface area contributed by atoms with Gasteiger partial charge in [-0.3, -0.25) is 29.0 Å². The van der Waals surface area contributed by atoms with Crippen molar-refractivity contribution in [2.24, 2.45) is 11.8 Å². The maximum absolute atomic E-state index is 14.5. The first-order valence-corrected chi connectivity index (χ1v) is 43.0. The molecule has 2 aromatic rings. The van der Waals surface area contributed by atoms with E-state index in [1.807, 2.05) is 20.1 Å². The van der Waals surface area contributed by atoms with Gasteiger partial charge in [0.25, 0.3) is 11.8 Å². The first-order valence-electron chi connectivity index (χ1n) is 40.4. The molecule has 0 aliphatic carbocycles. The zero-order chi connectivity index (χ0) is 80.6. The van der Waals surface area contributed by atoms with Crippen molar-refractivity contribution in [3.63, 3.8) is 0 Å². The van der Waals surface area contributed by atoms with Gasteiger partial charge in [-0.2, -0.15) is 0 Å². The molecule has 8 fully saturated rings. The molecule has 1 aromatic carbocycles. The number of nitrogens with zero attached hydrogens (tertiary/aromatic N) is 5. The van der Waals surface area contributed by atoms with Crippen molar-refractivity contribution in [3.05, 3.63) is 78.2 Å². The van der Waals surface area contributed by atoms with E-state index in [0.29, 0.717) is 148 Å². The molecule has 9 aliphatic heterocycles. The fraction of sp³-hybridized carbons (Fsp3) is 0.750. The van der Waals surface area contributed by atoms with Gasteiger partial charge in [0.05, 0.1) is 196 Å². The summed E-state index contributed by atoms with van der Waals surface area (Å²) in [6.07, 6.45) is 5.58. The number of aliphatic hydroxyl groups excluding tert-OH is 2. The Labute approximate surface area is 675 Å². The summed E-state index contributed by atoms with van der Waals surface area (Å²) in [5, 5.41) is 36.6. The fourth-order valence-corrected chi connectivity index (χ4v) is 18.4. The summed E-state index contributed by atoms with van der Waals surface area (Å²) in [5.74, 6) is -2.38. The zero-order valence-corrected chi connectivity index (χ0v) is 68.2. The summed E-state index contributed by atoms with van der Waals surface area (Å²) in [4.78, 5) is 79.2. The number of carbonyl (C=O) groups excluding carboxylic acids is 6. The van der Waals surface area contributed by atoms with E-state index in [-0.39, 0.29) is 150 Å². The Morgan fingerprint density at radius 3 is 2.12 bits per heavy atom. The number of ether oxygens (including phenoxy) is 17. The number of hydrogen-bond acceptors (Lipinski definition) is 29. The number of amides is 5. The lowest BCUT2D eigenvalue weighted by Crippen LogP contribution is -2.58. The number of imide groups is 1. The van der Waals surface area contributed by atoms with Gasteiger partial charge in [0.15, 0.2) is 5.79 Å². The van der Waals surface area contributed by atoms with Crippen LogP contribution in [0.5, 0.6) is 0 Å². The van der Waals surface area contributed by atoms with Crippen LogP contribution in [-0.4, -0.2) is 300 Å². The van der Waals surface area contributed by atoms with Crippen molar-refractivity contribution < 1.29 is 120 Å². The molecule has 34 heteroatoms. The number of nitrogens with one attached hydrogen (secondary N) is 2. The highest BCUT2D eigenvalue weighted by molar-refractivity contribution is 8.77. The van der Waals surface area contributed by atoms with Gasteiger partial charge in [0.2, 0.25) is 5.91 Å². The number of aromatic nitrogens is 3. The van der Waals surface area contributed by atoms with Gasteiger partial charge >= 0.3 is 12.2 Å². The van der Waals surface area contributed by atoms with E-state index < -0.39 is 78.4 Å². The third-order valence-corrected chi connectivity index (χ3v) is 24.7. The number of ketones is 1. The van der Waals surface area contributed by atoms with E-state index in [4.69, 9.17) is 80.5 Å². The molecule has 9 aliphatic rings. The Morgan fingerprint density at radius 1 is 0.711 bits per heavy atom. The number of carbonyl (C=O) groups is 6. The first-order chi connectivity index (χ1) is 55.1. The highest BCUT2D eigenvalue weighted by Gasteiger charge is 2.60. The van der Waals surface area contributed by atoms with Gasteiger partial charge in [0.1, 0.15) is 36.9 Å². The van der Waals surface area contributed by atoms with E-state index in [1.54, 1.807) is 63.8 Å². The van der Waals surface area contributed by atoms with Crippen molar-refractivity contribution in [2.75, 3.05) is 137 Å². The Bertz CT molecular complexity index is 3450. The maximum Gasteiger partial charge on any atom is 0.414 e. The predicted molar refractivity (Wildman–Crippen MR) is 416 cm³/mol. The number of hydrogen-bond donors (Lipinski definition) is 4. The Morgan fingerprint density at radius 2 is 1.39 bits per heavy atom. The lowest BCUT2D eigenvalue weighted by Gasteiger charge is -2.47. The zero-order valence-electron chi connectivity index (χ0n) is 66.6. The van der Waals surface area contributed by atoms with E-state index in [1.165, 1.54) is 17.1 Å². The molecule has 5 amide bonds. The number of rotatable bonds is 41. The van der Waals surface area contributed by atoms with Crippen LogP contribution in [0.1, 0.15) is 128 Å². The molecule has 1 aromatic heterocycles. The molecule has 114 heavy (non-hydrogen) atoms. The number of fused-ring (bicyclic) bond motifs is 9. The van der Waals surface area contributed by atoms with Crippen molar-refractivity contribution in [2.45, 2.75) is 239 Å². The van der Waals surface area contributed by atoms with Crippen LogP contribution >= 0.6 is 21.6 Å². The standard InChI is InChI=1S/C80H119N7O25S2/c1-51-38-59-12-14-64-52(2)39-61(106-64)18-20-80-45-63(90)75(112-80)69-44-70(111-80)76-65(109-69)15-13-60(108-76)40-57(88)41-62-67(43-66(107-59)53(51)3)110-68(74(62)96-6)42-58(89)46-82-77(94)104-48-54-8-10-56(11-9-54)86(78(95)105-50-79(4,5)114-113-7)24-27-99-30-33-101-32-29-98-26-23-85-47-55(83-84-85)49-103-37-36-102-35-34-100-31-28-97-25-21-81-71(91)19-22-87-72(92)16-17-73(87)93/h8-11,16-17,47,51,58-70,74-76,89-90H,2-3,12-15,18-46,48-50H2,1,4-7H3,(H,81,91)(H,82,94)/t51-,58+,59?,60?,61+,62+,63-,64?,65+,66?,67+,68-,69?,70-,74-,75+,76+,80-/m1/s1. The summed E-state index contributed by atoms with van der Waals surface area (Å²) in [5.41, 5.74) is 3.89. The number of benzene rings is 1. The quantitative estimate of drug-likeness (QED) is 0.0240. The first kappa shape index (κ1) is 89.2. The second-order valence-electron chi connectivity index (χ2n) is 31.3. The highest BCUT2D eigenvalue weighted by Crippen LogP contribution is 2.50. The minimum Gasteiger partial charge on any atom is -0.448 e. The number of aliphatic hydroxyl groups is 2. The summed E-state index contributed by atoms with van der Waals surface area (Å²) < 4.78 is 106. The number of methoxy groups -OCH3 is 1. The minimum atomic E-state index is -1.08. The van der Waals surface area contributed by atoms with E-state index in [9.17, 15) is 39.0 Å².